The first-order valence-electron chi connectivity index (χ1n) is 10.4. The molecule has 3 aromatic carbocycles. The van der Waals surface area contributed by atoms with Crippen LogP contribution in [0.15, 0.2) is 72.8 Å². The Balaban J connectivity index is 2.12. The zero-order valence-electron chi connectivity index (χ0n) is 17.0. The minimum atomic E-state index is -0.429. The number of unbranched alkanes of at least 4 members (excludes halogenated alkanes) is 4. The Labute approximate surface area is 173 Å². The second-order valence-corrected chi connectivity index (χ2v) is 7.71. The predicted molar refractivity (Wildman–Crippen MR) is 118 cm³/mol. The van der Waals surface area contributed by atoms with Gasteiger partial charge in [-0.3, -0.25) is 0 Å². The van der Waals surface area contributed by atoms with Crippen molar-refractivity contribution in [3.8, 4) is 17.2 Å². The van der Waals surface area contributed by atoms with E-state index in [0.717, 1.165) is 36.0 Å². The van der Waals surface area contributed by atoms with E-state index in [0.29, 0.717) is 0 Å². The number of aromatic hydroxyl groups is 3. The maximum atomic E-state index is 9.84. The molecule has 0 saturated carbocycles. The molecular weight excluding hydrogens is 360 g/mol. The summed E-state index contributed by atoms with van der Waals surface area (Å²) in [6.45, 7) is 2.22. The third kappa shape index (κ3) is 4.73. The van der Waals surface area contributed by atoms with Gasteiger partial charge in [0.25, 0.3) is 0 Å². The molecule has 0 heterocycles. The van der Waals surface area contributed by atoms with Crippen LogP contribution < -0.4 is 0 Å². The van der Waals surface area contributed by atoms with Crippen molar-refractivity contribution in [1.29, 1.82) is 0 Å². The van der Waals surface area contributed by atoms with Crippen molar-refractivity contribution in [3.05, 3.63) is 89.5 Å². The molecular formula is C26H30O3. The van der Waals surface area contributed by atoms with E-state index in [-0.39, 0.29) is 17.2 Å². The molecule has 3 heteroatoms. The van der Waals surface area contributed by atoms with E-state index in [4.69, 9.17) is 0 Å². The molecule has 0 aliphatic carbocycles. The normalized spacial score (nSPS) is 11.5. The molecule has 0 radical (unpaired) electrons. The van der Waals surface area contributed by atoms with Crippen LogP contribution in [0.1, 0.15) is 62.1 Å². The van der Waals surface area contributed by atoms with Gasteiger partial charge in [0.15, 0.2) is 0 Å². The Bertz CT molecular complexity index is 770. The lowest BCUT2D eigenvalue weighted by atomic mass is 9.66. The smallest absolute Gasteiger partial charge is 0.115 e. The lowest BCUT2D eigenvalue weighted by Crippen LogP contribution is -2.29. The van der Waals surface area contributed by atoms with Gasteiger partial charge in [0.05, 0.1) is 0 Å². The fraction of sp³-hybridized carbons (Fsp3) is 0.308. The lowest BCUT2D eigenvalue weighted by Gasteiger charge is -2.36. The minimum absolute atomic E-state index is 0.238. The van der Waals surface area contributed by atoms with Crippen LogP contribution in [-0.4, -0.2) is 15.3 Å². The predicted octanol–water partition coefficient (Wildman–Crippen LogP) is 6.50. The summed E-state index contributed by atoms with van der Waals surface area (Å²) in [5, 5.41) is 29.5. The van der Waals surface area contributed by atoms with E-state index in [1.54, 1.807) is 36.4 Å². The van der Waals surface area contributed by atoms with Crippen molar-refractivity contribution >= 4 is 0 Å². The van der Waals surface area contributed by atoms with Crippen LogP contribution in [-0.2, 0) is 5.41 Å². The lowest BCUT2D eigenvalue weighted by molar-refractivity contribution is 0.468. The van der Waals surface area contributed by atoms with Crippen molar-refractivity contribution in [3.63, 3.8) is 0 Å². The standard InChI is InChI=1S/C26H30O3/c1-2-3-4-5-6-19-26(20-7-13-23(27)14-8-20,21-9-15-24(28)16-10-21)22-11-17-25(29)18-12-22/h7-18,27-29H,2-6,19H2,1H3. The van der Waals surface area contributed by atoms with Crippen molar-refractivity contribution in [2.24, 2.45) is 0 Å². The monoisotopic (exact) mass is 390 g/mol. The van der Waals surface area contributed by atoms with Crippen molar-refractivity contribution in [2.45, 2.75) is 50.9 Å². The molecule has 0 amide bonds. The quantitative estimate of drug-likeness (QED) is 0.289. The molecule has 0 aromatic heterocycles. The summed E-state index contributed by atoms with van der Waals surface area (Å²) in [5.74, 6) is 0.714. The number of rotatable bonds is 9. The van der Waals surface area contributed by atoms with Gasteiger partial charge >= 0.3 is 0 Å². The second-order valence-electron chi connectivity index (χ2n) is 7.71. The molecule has 0 saturated heterocycles. The summed E-state index contributed by atoms with van der Waals surface area (Å²) >= 11 is 0. The second kappa shape index (κ2) is 9.51. The molecule has 0 unspecified atom stereocenters. The van der Waals surface area contributed by atoms with Crippen LogP contribution in [0.2, 0.25) is 0 Å². The van der Waals surface area contributed by atoms with E-state index in [9.17, 15) is 15.3 Å². The van der Waals surface area contributed by atoms with Crippen molar-refractivity contribution < 1.29 is 15.3 Å². The highest BCUT2D eigenvalue weighted by molar-refractivity contribution is 5.52. The molecule has 0 spiro atoms. The first-order valence-corrected chi connectivity index (χ1v) is 10.4. The molecule has 3 aromatic rings. The Kier molecular flexibility index (Phi) is 6.82. The first-order chi connectivity index (χ1) is 14.1. The number of benzene rings is 3. The summed E-state index contributed by atoms with van der Waals surface area (Å²) in [7, 11) is 0. The molecule has 3 rings (SSSR count). The van der Waals surface area contributed by atoms with Crippen LogP contribution >= 0.6 is 0 Å². The van der Waals surface area contributed by atoms with Crippen LogP contribution in [0.3, 0.4) is 0 Å². The molecule has 0 aliphatic rings. The van der Waals surface area contributed by atoms with Gasteiger partial charge in [-0.2, -0.15) is 0 Å². The zero-order chi connectivity index (χ0) is 20.7. The van der Waals surface area contributed by atoms with E-state index < -0.39 is 5.41 Å². The van der Waals surface area contributed by atoms with Crippen LogP contribution in [0.4, 0.5) is 0 Å². The summed E-state index contributed by atoms with van der Waals surface area (Å²) < 4.78 is 0. The molecule has 29 heavy (non-hydrogen) atoms. The molecule has 0 bridgehead atoms. The third-order valence-corrected chi connectivity index (χ3v) is 5.74. The average Bonchev–Trinajstić information content (AvgIpc) is 2.73. The van der Waals surface area contributed by atoms with Gasteiger partial charge in [0.1, 0.15) is 17.2 Å². The maximum absolute atomic E-state index is 9.84. The Hall–Kier alpha value is -2.94. The number of hydrogen-bond acceptors (Lipinski definition) is 3. The average molecular weight is 391 g/mol. The van der Waals surface area contributed by atoms with Gasteiger partial charge in [0, 0.05) is 5.41 Å². The van der Waals surface area contributed by atoms with E-state index in [1.165, 1.54) is 19.3 Å². The fourth-order valence-corrected chi connectivity index (χ4v) is 4.16. The van der Waals surface area contributed by atoms with Gasteiger partial charge in [0.2, 0.25) is 0 Å². The Morgan fingerprint density at radius 1 is 0.517 bits per heavy atom. The Morgan fingerprint density at radius 3 is 1.21 bits per heavy atom. The van der Waals surface area contributed by atoms with E-state index in [2.05, 4.69) is 6.92 Å². The maximum Gasteiger partial charge on any atom is 0.115 e. The van der Waals surface area contributed by atoms with Crippen LogP contribution in [0, 0.1) is 0 Å². The van der Waals surface area contributed by atoms with Gasteiger partial charge in [-0.1, -0.05) is 75.4 Å². The molecule has 3 nitrogen and oxygen atoms in total. The van der Waals surface area contributed by atoms with Crippen LogP contribution in [0.25, 0.3) is 0 Å². The summed E-state index contributed by atoms with van der Waals surface area (Å²) in [6.07, 6.45) is 6.78. The highest BCUT2D eigenvalue weighted by Crippen LogP contribution is 2.44. The highest BCUT2D eigenvalue weighted by atomic mass is 16.3. The topological polar surface area (TPSA) is 60.7 Å². The van der Waals surface area contributed by atoms with Gasteiger partial charge < -0.3 is 15.3 Å². The third-order valence-electron chi connectivity index (χ3n) is 5.74. The summed E-state index contributed by atoms with van der Waals surface area (Å²) in [5.41, 5.74) is 2.83. The largest absolute Gasteiger partial charge is 0.508 e. The van der Waals surface area contributed by atoms with E-state index >= 15 is 0 Å². The number of phenolic OH excluding ortho intramolecular Hbond substituents is 3. The summed E-state index contributed by atoms with van der Waals surface area (Å²) in [4.78, 5) is 0. The van der Waals surface area contributed by atoms with Gasteiger partial charge in [-0.05, 0) is 59.5 Å². The summed E-state index contributed by atoms with van der Waals surface area (Å²) in [6, 6.07) is 22.2. The van der Waals surface area contributed by atoms with Crippen LogP contribution in [0.5, 0.6) is 17.2 Å². The molecule has 0 aliphatic heterocycles. The fourth-order valence-electron chi connectivity index (χ4n) is 4.16. The van der Waals surface area contributed by atoms with Gasteiger partial charge in [-0.15, -0.1) is 0 Å². The minimum Gasteiger partial charge on any atom is -0.508 e. The first kappa shape index (κ1) is 20.8. The van der Waals surface area contributed by atoms with Crippen molar-refractivity contribution in [1.82, 2.24) is 0 Å². The number of hydrogen-bond donors (Lipinski definition) is 3. The zero-order valence-corrected chi connectivity index (χ0v) is 17.0. The highest BCUT2D eigenvalue weighted by Gasteiger charge is 2.36. The van der Waals surface area contributed by atoms with Crippen molar-refractivity contribution in [2.75, 3.05) is 0 Å². The SMILES string of the molecule is CCCCCCCC(c1ccc(O)cc1)(c1ccc(O)cc1)c1ccc(O)cc1. The number of phenols is 3. The molecule has 152 valence electrons. The van der Waals surface area contributed by atoms with E-state index in [1.807, 2.05) is 36.4 Å². The molecule has 0 fully saturated rings. The molecule has 3 N–H and O–H groups in total. The van der Waals surface area contributed by atoms with Gasteiger partial charge in [-0.25, -0.2) is 0 Å². The Morgan fingerprint density at radius 2 is 0.862 bits per heavy atom. The molecule has 0 atom stereocenters.